The van der Waals surface area contributed by atoms with Gasteiger partial charge in [0.15, 0.2) is 0 Å². The Bertz CT molecular complexity index is 1130. The third-order valence-corrected chi connectivity index (χ3v) is 7.91. The predicted molar refractivity (Wildman–Crippen MR) is 136 cm³/mol. The lowest BCUT2D eigenvalue weighted by molar-refractivity contribution is -0.132. The number of anilines is 1. The molecule has 5 rings (SSSR count). The Kier molecular flexibility index (Phi) is 6.60. The van der Waals surface area contributed by atoms with Gasteiger partial charge in [-0.25, -0.2) is 0 Å². The maximum absolute atomic E-state index is 13.4. The molecule has 2 aromatic carbocycles. The summed E-state index contributed by atoms with van der Waals surface area (Å²) in [5.41, 5.74) is 3.41. The van der Waals surface area contributed by atoms with Crippen LogP contribution in [0.25, 0.3) is 11.1 Å². The highest BCUT2D eigenvalue weighted by Crippen LogP contribution is 2.39. The van der Waals surface area contributed by atoms with E-state index in [1.54, 1.807) is 18.9 Å². The van der Waals surface area contributed by atoms with Gasteiger partial charge in [-0.1, -0.05) is 55.3 Å². The lowest BCUT2D eigenvalue weighted by Crippen LogP contribution is -2.57. The van der Waals surface area contributed by atoms with Crippen LogP contribution in [0.3, 0.4) is 0 Å². The largest absolute Gasteiger partial charge is 0.343 e. The Balaban J connectivity index is 1.29. The molecule has 0 bridgehead atoms. The van der Waals surface area contributed by atoms with Crippen molar-refractivity contribution < 1.29 is 14.4 Å². The molecule has 3 aliphatic rings. The number of hydrogen-bond acceptors (Lipinski definition) is 4. The van der Waals surface area contributed by atoms with Gasteiger partial charge < -0.3 is 20.9 Å². The molecule has 5 atom stereocenters. The van der Waals surface area contributed by atoms with E-state index in [0.29, 0.717) is 12.0 Å². The number of para-hydroxylation sites is 1. The molecule has 7 nitrogen and oxygen atoms in total. The van der Waals surface area contributed by atoms with E-state index in [2.05, 4.69) is 16.0 Å². The molecule has 2 aliphatic heterocycles. The number of benzene rings is 2. The summed E-state index contributed by atoms with van der Waals surface area (Å²) in [6.07, 6.45) is 6.68. The zero-order chi connectivity index (χ0) is 24.5. The summed E-state index contributed by atoms with van der Waals surface area (Å²) in [5.74, 6) is -0.0754. The van der Waals surface area contributed by atoms with E-state index in [1.165, 1.54) is 19.3 Å². The molecule has 184 valence electrons. The average molecular weight is 475 g/mol. The molecule has 1 saturated heterocycles. The highest BCUT2D eigenvalue weighted by Gasteiger charge is 2.37. The van der Waals surface area contributed by atoms with Gasteiger partial charge in [0.25, 0.3) is 5.91 Å². The van der Waals surface area contributed by atoms with Crippen LogP contribution >= 0.6 is 0 Å². The molecule has 7 heteroatoms. The zero-order valence-electron chi connectivity index (χ0n) is 20.4. The van der Waals surface area contributed by atoms with Gasteiger partial charge in [-0.2, -0.15) is 0 Å². The smallest absolute Gasteiger partial charge is 0.253 e. The summed E-state index contributed by atoms with van der Waals surface area (Å²) < 4.78 is 0. The molecule has 2 heterocycles. The van der Waals surface area contributed by atoms with Crippen LogP contribution in [0.5, 0.6) is 0 Å². The highest BCUT2D eigenvalue weighted by atomic mass is 16.2. The Hall–Kier alpha value is -3.19. The second-order valence-corrected chi connectivity index (χ2v) is 10.1. The maximum atomic E-state index is 13.4. The van der Waals surface area contributed by atoms with Crippen LogP contribution < -0.4 is 20.9 Å². The number of nitrogens with zero attached hydrogens (tertiary/aromatic N) is 1. The van der Waals surface area contributed by atoms with Crippen molar-refractivity contribution in [3.8, 4) is 11.1 Å². The van der Waals surface area contributed by atoms with Gasteiger partial charge in [0.2, 0.25) is 11.8 Å². The molecule has 1 saturated carbocycles. The molecule has 4 unspecified atom stereocenters. The number of nitrogens with one attached hydrogen (secondary N) is 3. The quantitative estimate of drug-likeness (QED) is 0.634. The van der Waals surface area contributed by atoms with Crippen LogP contribution in [0.1, 0.15) is 57.1 Å². The number of rotatable bonds is 4. The molecule has 3 amide bonds. The number of amides is 3. The van der Waals surface area contributed by atoms with E-state index in [1.807, 2.05) is 48.5 Å². The van der Waals surface area contributed by atoms with Gasteiger partial charge in [0, 0.05) is 18.7 Å². The summed E-state index contributed by atoms with van der Waals surface area (Å²) in [6.45, 7) is 1.67. The molecule has 3 N–H and O–H groups in total. The fraction of sp³-hybridized carbons (Fsp3) is 0.464. The maximum Gasteiger partial charge on any atom is 0.253 e. The van der Waals surface area contributed by atoms with Crippen LogP contribution in [-0.2, 0) is 14.4 Å². The topological polar surface area (TPSA) is 90.5 Å². The first kappa shape index (κ1) is 23.5. The summed E-state index contributed by atoms with van der Waals surface area (Å²) >= 11 is 0. The average Bonchev–Trinajstić information content (AvgIpc) is 2.98. The highest BCUT2D eigenvalue weighted by molar-refractivity contribution is 6.06. The van der Waals surface area contributed by atoms with Gasteiger partial charge in [-0.15, -0.1) is 0 Å². The van der Waals surface area contributed by atoms with E-state index in [9.17, 15) is 14.4 Å². The standard InChI is InChI=1S/C28H34N4O3/c1-17(29-27(34)23-16-15-18-9-3-7-13-22(18)30-23)26(33)31-25-21-12-5-4-10-19(21)20-11-6-8-14-24(20)32(2)28(25)35/h4-6,8,10-12,14,17-18,22-23,25,30H,3,7,9,13,15-16H2,1-2H3,(H,29,34)(H,31,33)/t17-,18?,22?,23?,25?/m0/s1. The van der Waals surface area contributed by atoms with Crippen molar-refractivity contribution in [2.75, 3.05) is 11.9 Å². The van der Waals surface area contributed by atoms with Gasteiger partial charge in [-0.3, -0.25) is 14.4 Å². The predicted octanol–water partition coefficient (Wildman–Crippen LogP) is 3.30. The van der Waals surface area contributed by atoms with Gasteiger partial charge in [0.1, 0.15) is 12.1 Å². The molecule has 35 heavy (non-hydrogen) atoms. The van der Waals surface area contributed by atoms with E-state index >= 15 is 0 Å². The van der Waals surface area contributed by atoms with Crippen molar-refractivity contribution in [2.45, 2.75) is 69.6 Å². The Morgan fingerprint density at radius 3 is 2.51 bits per heavy atom. The first-order valence-corrected chi connectivity index (χ1v) is 12.8. The Morgan fingerprint density at radius 2 is 1.69 bits per heavy atom. The number of carbonyl (C=O) groups excluding carboxylic acids is 3. The minimum Gasteiger partial charge on any atom is -0.343 e. The number of likely N-dealkylation sites (N-methyl/N-ethyl adjacent to an activating group) is 1. The fourth-order valence-electron chi connectivity index (χ4n) is 5.92. The van der Waals surface area contributed by atoms with E-state index in [4.69, 9.17) is 0 Å². The number of carbonyl (C=O) groups is 3. The number of piperidine rings is 1. The molecular formula is C28H34N4O3. The van der Waals surface area contributed by atoms with Crippen molar-refractivity contribution in [1.82, 2.24) is 16.0 Å². The van der Waals surface area contributed by atoms with Gasteiger partial charge in [0.05, 0.1) is 11.7 Å². The van der Waals surface area contributed by atoms with Crippen molar-refractivity contribution in [3.05, 3.63) is 54.1 Å². The Morgan fingerprint density at radius 1 is 0.971 bits per heavy atom. The minimum atomic E-state index is -0.841. The monoisotopic (exact) mass is 474 g/mol. The van der Waals surface area contributed by atoms with Crippen molar-refractivity contribution in [3.63, 3.8) is 0 Å². The molecular weight excluding hydrogens is 440 g/mol. The van der Waals surface area contributed by atoms with E-state index in [0.717, 1.165) is 41.6 Å². The zero-order valence-corrected chi connectivity index (χ0v) is 20.4. The normalized spacial score (nSPS) is 26.5. The van der Waals surface area contributed by atoms with Crippen LogP contribution in [0.15, 0.2) is 48.5 Å². The van der Waals surface area contributed by atoms with Crippen molar-refractivity contribution in [1.29, 1.82) is 0 Å². The van der Waals surface area contributed by atoms with Gasteiger partial charge >= 0.3 is 0 Å². The minimum absolute atomic E-state index is 0.145. The van der Waals surface area contributed by atoms with E-state index in [-0.39, 0.29) is 23.8 Å². The summed E-state index contributed by atoms with van der Waals surface area (Å²) in [4.78, 5) is 41.2. The third-order valence-electron chi connectivity index (χ3n) is 7.91. The first-order valence-electron chi connectivity index (χ1n) is 12.8. The van der Waals surface area contributed by atoms with Crippen LogP contribution in [0.2, 0.25) is 0 Å². The van der Waals surface area contributed by atoms with Crippen molar-refractivity contribution in [2.24, 2.45) is 5.92 Å². The van der Waals surface area contributed by atoms with Crippen LogP contribution in [-0.4, -0.2) is 42.9 Å². The summed E-state index contributed by atoms with van der Waals surface area (Å²) in [7, 11) is 1.73. The van der Waals surface area contributed by atoms with Gasteiger partial charge in [-0.05, 0) is 55.7 Å². The summed E-state index contributed by atoms with van der Waals surface area (Å²) in [6, 6.07) is 13.9. The van der Waals surface area contributed by atoms with E-state index < -0.39 is 12.1 Å². The first-order chi connectivity index (χ1) is 16.9. The fourth-order valence-corrected chi connectivity index (χ4v) is 5.92. The summed E-state index contributed by atoms with van der Waals surface area (Å²) in [5, 5.41) is 9.32. The second kappa shape index (κ2) is 9.82. The van der Waals surface area contributed by atoms with Crippen LogP contribution in [0, 0.1) is 5.92 Å². The molecule has 1 aliphatic carbocycles. The molecule has 0 spiro atoms. The lowest BCUT2D eigenvalue weighted by atomic mass is 9.77. The van der Waals surface area contributed by atoms with Crippen LogP contribution in [0.4, 0.5) is 5.69 Å². The molecule has 2 aromatic rings. The molecule has 0 aromatic heterocycles. The second-order valence-electron chi connectivity index (χ2n) is 10.1. The number of hydrogen-bond donors (Lipinski definition) is 3. The number of fused-ring (bicyclic) bond motifs is 4. The lowest BCUT2D eigenvalue weighted by Gasteiger charge is -2.40. The Labute approximate surface area is 206 Å². The SMILES string of the molecule is C[C@H](NC(=O)C1CCC2CCCCC2N1)C(=O)NC1C(=O)N(C)c2ccccc2-c2ccccc21. The molecule has 2 fully saturated rings. The van der Waals surface area contributed by atoms with Crippen molar-refractivity contribution >= 4 is 23.4 Å². The molecule has 0 radical (unpaired) electrons. The third kappa shape index (κ3) is 4.57.